The average Bonchev–Trinajstić information content (AvgIpc) is 2.36. The van der Waals surface area contributed by atoms with Gasteiger partial charge in [0.2, 0.25) is 10.0 Å². The zero-order chi connectivity index (χ0) is 13.6. The summed E-state index contributed by atoms with van der Waals surface area (Å²) >= 11 is 1.71. The van der Waals surface area contributed by atoms with Crippen LogP contribution in [0.3, 0.4) is 0 Å². The van der Waals surface area contributed by atoms with Crippen LogP contribution in [0, 0.1) is 0 Å². The van der Waals surface area contributed by atoms with Crippen LogP contribution in [-0.2, 0) is 16.6 Å². The summed E-state index contributed by atoms with van der Waals surface area (Å²) in [5, 5.41) is 0. The van der Waals surface area contributed by atoms with E-state index >= 15 is 0 Å². The maximum atomic E-state index is 12.1. The van der Waals surface area contributed by atoms with Gasteiger partial charge in [-0.15, -0.1) is 0 Å². The fourth-order valence-corrected chi connectivity index (χ4v) is 3.59. The molecule has 0 aliphatic rings. The van der Waals surface area contributed by atoms with E-state index in [4.69, 9.17) is 5.73 Å². The third kappa shape index (κ3) is 4.61. The molecule has 1 aromatic carbocycles. The van der Waals surface area contributed by atoms with E-state index in [0.717, 1.165) is 17.1 Å². The van der Waals surface area contributed by atoms with Crippen molar-refractivity contribution in [3.05, 3.63) is 29.8 Å². The number of thioether (sulfide) groups is 1. The van der Waals surface area contributed by atoms with Crippen LogP contribution in [0.1, 0.15) is 19.4 Å². The third-order valence-electron chi connectivity index (χ3n) is 2.37. The summed E-state index contributed by atoms with van der Waals surface area (Å²) in [4.78, 5) is 0.277. The van der Waals surface area contributed by atoms with Crippen molar-refractivity contribution in [1.82, 2.24) is 4.72 Å². The molecule has 0 saturated carbocycles. The Bertz CT molecular complexity index is 475. The zero-order valence-corrected chi connectivity index (χ0v) is 12.4. The van der Waals surface area contributed by atoms with Gasteiger partial charge < -0.3 is 5.73 Å². The van der Waals surface area contributed by atoms with Crippen molar-refractivity contribution in [2.24, 2.45) is 5.73 Å². The van der Waals surface area contributed by atoms with E-state index in [2.05, 4.69) is 11.6 Å². The van der Waals surface area contributed by atoms with Crippen LogP contribution in [0.5, 0.6) is 0 Å². The molecule has 6 heteroatoms. The first kappa shape index (κ1) is 15.5. The highest BCUT2D eigenvalue weighted by molar-refractivity contribution is 7.99. The standard InChI is InChI=1S/C12H20N2O2S2/c1-3-17-9-10(2)14-18(15,16)12-6-4-5-11(7-12)8-13/h4-7,10,14H,3,8-9,13H2,1-2H3. The zero-order valence-electron chi connectivity index (χ0n) is 10.7. The summed E-state index contributed by atoms with van der Waals surface area (Å²) < 4.78 is 26.9. The van der Waals surface area contributed by atoms with E-state index in [1.807, 2.05) is 13.0 Å². The van der Waals surface area contributed by atoms with Crippen molar-refractivity contribution in [3.63, 3.8) is 0 Å². The topological polar surface area (TPSA) is 72.2 Å². The van der Waals surface area contributed by atoms with Crippen LogP contribution < -0.4 is 10.5 Å². The lowest BCUT2D eigenvalue weighted by atomic mass is 10.2. The molecule has 102 valence electrons. The Balaban J connectivity index is 2.79. The Hall–Kier alpha value is -0.560. The van der Waals surface area contributed by atoms with Gasteiger partial charge in [-0.2, -0.15) is 11.8 Å². The van der Waals surface area contributed by atoms with Gasteiger partial charge in [0, 0.05) is 18.3 Å². The van der Waals surface area contributed by atoms with Gasteiger partial charge in [-0.3, -0.25) is 0 Å². The minimum absolute atomic E-state index is 0.0820. The van der Waals surface area contributed by atoms with Crippen molar-refractivity contribution in [1.29, 1.82) is 0 Å². The minimum Gasteiger partial charge on any atom is -0.326 e. The summed E-state index contributed by atoms with van der Waals surface area (Å²) in [5.41, 5.74) is 6.32. The van der Waals surface area contributed by atoms with Gasteiger partial charge in [-0.1, -0.05) is 19.1 Å². The van der Waals surface area contributed by atoms with Gasteiger partial charge in [0.15, 0.2) is 0 Å². The Morgan fingerprint density at radius 2 is 2.17 bits per heavy atom. The van der Waals surface area contributed by atoms with Gasteiger partial charge in [0.25, 0.3) is 0 Å². The summed E-state index contributed by atoms with van der Waals surface area (Å²) in [6.45, 7) is 4.26. The average molecular weight is 288 g/mol. The SMILES string of the molecule is CCSCC(C)NS(=O)(=O)c1cccc(CN)c1. The van der Waals surface area contributed by atoms with Crippen LogP contribution >= 0.6 is 11.8 Å². The predicted octanol–water partition coefficient (Wildman–Crippen LogP) is 1.57. The number of hydrogen-bond donors (Lipinski definition) is 2. The summed E-state index contributed by atoms with van der Waals surface area (Å²) in [6.07, 6.45) is 0. The Morgan fingerprint density at radius 3 is 2.78 bits per heavy atom. The van der Waals surface area contributed by atoms with Crippen LogP contribution in [0.25, 0.3) is 0 Å². The van der Waals surface area contributed by atoms with E-state index in [9.17, 15) is 8.42 Å². The normalized spacial score (nSPS) is 13.5. The van der Waals surface area contributed by atoms with E-state index in [-0.39, 0.29) is 10.9 Å². The molecule has 0 aromatic heterocycles. The number of hydrogen-bond acceptors (Lipinski definition) is 4. The Kier molecular flexibility index (Phi) is 6.14. The van der Waals surface area contributed by atoms with Crippen molar-refractivity contribution in [2.45, 2.75) is 31.3 Å². The number of rotatable bonds is 7. The van der Waals surface area contributed by atoms with E-state index in [0.29, 0.717) is 6.54 Å². The van der Waals surface area contributed by atoms with Crippen molar-refractivity contribution in [2.75, 3.05) is 11.5 Å². The molecule has 0 saturated heterocycles. The van der Waals surface area contributed by atoms with E-state index in [1.54, 1.807) is 30.0 Å². The van der Waals surface area contributed by atoms with Gasteiger partial charge in [-0.05, 0) is 30.4 Å². The van der Waals surface area contributed by atoms with Gasteiger partial charge in [0.1, 0.15) is 0 Å². The van der Waals surface area contributed by atoms with Crippen molar-refractivity contribution >= 4 is 21.8 Å². The smallest absolute Gasteiger partial charge is 0.240 e. The molecule has 0 fully saturated rings. The largest absolute Gasteiger partial charge is 0.326 e. The molecule has 18 heavy (non-hydrogen) atoms. The molecular weight excluding hydrogens is 268 g/mol. The van der Waals surface area contributed by atoms with Crippen LogP contribution in [-0.4, -0.2) is 26.0 Å². The molecule has 3 N–H and O–H groups in total. The van der Waals surface area contributed by atoms with Crippen LogP contribution in [0.2, 0.25) is 0 Å². The maximum Gasteiger partial charge on any atom is 0.240 e. The molecule has 0 amide bonds. The molecule has 1 rings (SSSR count). The van der Waals surface area contributed by atoms with Crippen LogP contribution in [0.4, 0.5) is 0 Å². The van der Waals surface area contributed by atoms with Crippen molar-refractivity contribution in [3.8, 4) is 0 Å². The molecule has 1 atom stereocenters. The van der Waals surface area contributed by atoms with E-state index < -0.39 is 10.0 Å². The maximum absolute atomic E-state index is 12.1. The molecular formula is C12H20N2O2S2. The molecule has 1 aromatic rings. The van der Waals surface area contributed by atoms with Gasteiger partial charge >= 0.3 is 0 Å². The molecule has 0 heterocycles. The Morgan fingerprint density at radius 1 is 1.44 bits per heavy atom. The minimum atomic E-state index is -3.44. The van der Waals surface area contributed by atoms with Crippen molar-refractivity contribution < 1.29 is 8.42 Å². The summed E-state index contributed by atoms with van der Waals surface area (Å²) in [6, 6.07) is 6.64. The second kappa shape index (κ2) is 7.13. The number of nitrogens with one attached hydrogen (secondary N) is 1. The first-order valence-corrected chi connectivity index (χ1v) is 8.52. The number of nitrogens with two attached hydrogens (primary N) is 1. The second-order valence-corrected chi connectivity index (χ2v) is 7.07. The first-order valence-electron chi connectivity index (χ1n) is 5.88. The monoisotopic (exact) mass is 288 g/mol. The molecule has 0 bridgehead atoms. The number of sulfonamides is 1. The highest BCUT2D eigenvalue weighted by Crippen LogP contribution is 2.12. The molecule has 0 radical (unpaired) electrons. The summed E-state index contributed by atoms with van der Waals surface area (Å²) in [5.74, 6) is 1.75. The molecule has 0 spiro atoms. The van der Waals surface area contributed by atoms with Gasteiger partial charge in [0.05, 0.1) is 4.90 Å². The summed E-state index contributed by atoms with van der Waals surface area (Å²) in [7, 11) is -3.44. The predicted molar refractivity (Wildman–Crippen MR) is 77.1 cm³/mol. The molecule has 0 aliphatic carbocycles. The fraction of sp³-hybridized carbons (Fsp3) is 0.500. The lowest BCUT2D eigenvalue weighted by molar-refractivity contribution is 0.571. The third-order valence-corrected chi connectivity index (χ3v) is 5.10. The van der Waals surface area contributed by atoms with Gasteiger partial charge in [-0.25, -0.2) is 13.1 Å². The first-order chi connectivity index (χ1) is 8.49. The second-order valence-electron chi connectivity index (χ2n) is 4.03. The van der Waals surface area contributed by atoms with E-state index in [1.165, 1.54) is 0 Å². The number of benzene rings is 1. The lowest BCUT2D eigenvalue weighted by Gasteiger charge is -2.14. The molecule has 0 aliphatic heterocycles. The molecule has 1 unspecified atom stereocenters. The van der Waals surface area contributed by atoms with Crippen LogP contribution in [0.15, 0.2) is 29.2 Å². The quantitative estimate of drug-likeness (QED) is 0.799. The lowest BCUT2D eigenvalue weighted by Crippen LogP contribution is -2.34. The highest BCUT2D eigenvalue weighted by Gasteiger charge is 2.17. The highest BCUT2D eigenvalue weighted by atomic mass is 32.2. The Labute approximate surface area is 113 Å². The molecule has 4 nitrogen and oxygen atoms in total. The fourth-order valence-electron chi connectivity index (χ4n) is 1.50.